The molecule has 0 aromatic carbocycles. The van der Waals surface area contributed by atoms with E-state index < -0.39 is 0 Å². The molecule has 0 aromatic heterocycles. The van der Waals surface area contributed by atoms with Crippen molar-refractivity contribution in [1.29, 1.82) is 0 Å². The van der Waals surface area contributed by atoms with Gasteiger partial charge in [-0.1, -0.05) is 18.2 Å². The first-order chi connectivity index (χ1) is 7.79. The first-order valence-electron chi connectivity index (χ1n) is 6.34. The molecule has 3 nitrogen and oxygen atoms in total. The van der Waals surface area contributed by atoms with Crippen molar-refractivity contribution in [2.45, 2.75) is 45.2 Å². The van der Waals surface area contributed by atoms with Gasteiger partial charge >= 0.3 is 0 Å². The Morgan fingerprint density at radius 3 is 3.25 bits per heavy atom. The summed E-state index contributed by atoms with van der Waals surface area (Å²) in [4.78, 5) is 4.80. The number of ether oxygens (including phenoxy) is 1. The van der Waals surface area contributed by atoms with E-state index in [9.17, 15) is 0 Å². The van der Waals surface area contributed by atoms with E-state index >= 15 is 0 Å². The van der Waals surface area contributed by atoms with Gasteiger partial charge in [-0.15, -0.1) is 0 Å². The Hall–Kier alpha value is -0.220. The second-order valence-electron chi connectivity index (χ2n) is 4.71. The number of hydrogen-bond donors (Lipinski definition) is 1. The lowest BCUT2D eigenvalue weighted by atomic mass is 10.1. The third-order valence-electron chi connectivity index (χ3n) is 3.28. The number of nitrogens with zero attached hydrogens (tertiary/aromatic N) is 1. The quantitative estimate of drug-likeness (QED) is 0.821. The van der Waals surface area contributed by atoms with Gasteiger partial charge < -0.3 is 10.1 Å². The molecule has 1 N–H and O–H groups in total. The molecule has 0 amide bonds. The largest absolute Gasteiger partial charge is 0.380 e. The Kier molecular flexibility index (Phi) is 4.53. The lowest BCUT2D eigenvalue weighted by molar-refractivity contribution is 0.132. The van der Waals surface area contributed by atoms with Crippen LogP contribution in [-0.2, 0) is 4.74 Å². The number of rotatable bonds is 4. The lowest BCUT2D eigenvalue weighted by Gasteiger charge is -2.25. The van der Waals surface area contributed by atoms with Crippen LogP contribution >= 0.6 is 11.8 Å². The number of amidine groups is 1. The number of hydrogen-bond acceptors (Lipinski definition) is 4. The minimum Gasteiger partial charge on any atom is -0.380 e. The average molecular weight is 242 g/mol. The highest BCUT2D eigenvalue weighted by Gasteiger charge is 2.31. The van der Waals surface area contributed by atoms with Crippen molar-refractivity contribution in [2.24, 2.45) is 10.9 Å². The summed E-state index contributed by atoms with van der Waals surface area (Å²) < 4.78 is 5.40. The lowest BCUT2D eigenvalue weighted by Crippen LogP contribution is -2.37. The summed E-state index contributed by atoms with van der Waals surface area (Å²) in [5.74, 6) is 2.09. The number of nitrogens with one attached hydrogen (secondary N) is 1. The van der Waals surface area contributed by atoms with Gasteiger partial charge in [0.2, 0.25) is 0 Å². The van der Waals surface area contributed by atoms with E-state index in [1.807, 2.05) is 18.7 Å². The maximum Gasteiger partial charge on any atom is 0.157 e. The predicted octanol–water partition coefficient (Wildman–Crippen LogP) is 2.27. The first kappa shape index (κ1) is 12.2. The maximum absolute atomic E-state index is 5.40. The summed E-state index contributed by atoms with van der Waals surface area (Å²) in [6.45, 7) is 5.74. The van der Waals surface area contributed by atoms with Crippen LogP contribution in [0.5, 0.6) is 0 Å². The first-order valence-corrected chi connectivity index (χ1v) is 7.33. The molecule has 3 unspecified atom stereocenters. The molecule has 0 saturated heterocycles. The molecule has 2 rings (SSSR count). The van der Waals surface area contributed by atoms with Crippen LogP contribution < -0.4 is 5.32 Å². The van der Waals surface area contributed by atoms with Crippen LogP contribution in [-0.4, -0.2) is 36.2 Å². The van der Waals surface area contributed by atoms with Gasteiger partial charge in [-0.05, 0) is 32.6 Å². The van der Waals surface area contributed by atoms with Gasteiger partial charge in [0.1, 0.15) is 0 Å². The van der Waals surface area contributed by atoms with E-state index in [1.54, 1.807) is 0 Å². The Morgan fingerprint density at radius 1 is 1.56 bits per heavy atom. The zero-order valence-corrected chi connectivity index (χ0v) is 11.1. The van der Waals surface area contributed by atoms with Gasteiger partial charge in [0.25, 0.3) is 0 Å². The minimum atomic E-state index is 0.365. The highest BCUT2D eigenvalue weighted by molar-refractivity contribution is 8.13. The molecule has 0 aromatic rings. The van der Waals surface area contributed by atoms with Crippen molar-refractivity contribution in [3.63, 3.8) is 0 Å². The summed E-state index contributed by atoms with van der Waals surface area (Å²) in [6.07, 6.45) is 4.03. The Morgan fingerprint density at radius 2 is 2.44 bits per heavy atom. The monoisotopic (exact) mass is 242 g/mol. The fraction of sp³-hybridized carbons (Fsp3) is 0.917. The standard InChI is InChI=1S/C12H22N2OS/c1-3-15-7-9(2)13-12-14-11-6-4-5-10(11)8-16-12/h9-11H,3-8H2,1-2H3,(H,13,14). The summed E-state index contributed by atoms with van der Waals surface area (Å²) in [5, 5.41) is 4.59. The van der Waals surface area contributed by atoms with Crippen LogP contribution in [0.1, 0.15) is 33.1 Å². The number of fused-ring (bicyclic) bond motifs is 1. The molecule has 1 heterocycles. The Bertz CT molecular complexity index is 257. The van der Waals surface area contributed by atoms with Gasteiger partial charge in [0.15, 0.2) is 5.17 Å². The van der Waals surface area contributed by atoms with Crippen LogP contribution in [0.15, 0.2) is 4.99 Å². The summed E-state index contributed by atoms with van der Waals surface area (Å²) in [6, 6.07) is 0.965. The minimum absolute atomic E-state index is 0.365. The summed E-state index contributed by atoms with van der Waals surface area (Å²) in [7, 11) is 0. The molecule has 0 spiro atoms. The van der Waals surface area contributed by atoms with E-state index in [0.717, 1.165) is 24.3 Å². The molecule has 1 saturated carbocycles. The van der Waals surface area contributed by atoms with E-state index in [2.05, 4.69) is 12.2 Å². The normalized spacial score (nSPS) is 30.8. The maximum atomic E-state index is 5.40. The Balaban J connectivity index is 1.81. The number of thioether (sulfide) groups is 1. The van der Waals surface area contributed by atoms with Gasteiger partial charge in [0, 0.05) is 18.4 Å². The third-order valence-corrected chi connectivity index (χ3v) is 4.37. The molecule has 1 aliphatic carbocycles. The molecule has 0 radical (unpaired) electrons. The molecule has 16 heavy (non-hydrogen) atoms. The fourth-order valence-corrected chi connectivity index (χ4v) is 3.64. The van der Waals surface area contributed by atoms with E-state index in [4.69, 9.17) is 9.73 Å². The fourth-order valence-electron chi connectivity index (χ4n) is 2.38. The van der Waals surface area contributed by atoms with Gasteiger partial charge in [-0.2, -0.15) is 0 Å². The van der Waals surface area contributed by atoms with E-state index in [1.165, 1.54) is 25.0 Å². The smallest absolute Gasteiger partial charge is 0.157 e. The van der Waals surface area contributed by atoms with Crippen LogP contribution in [0.4, 0.5) is 0 Å². The molecule has 0 bridgehead atoms. The van der Waals surface area contributed by atoms with E-state index in [-0.39, 0.29) is 0 Å². The molecular weight excluding hydrogens is 220 g/mol. The van der Waals surface area contributed by atoms with Crippen molar-refractivity contribution >= 4 is 16.9 Å². The molecule has 92 valence electrons. The van der Waals surface area contributed by atoms with Crippen molar-refractivity contribution < 1.29 is 4.74 Å². The SMILES string of the molecule is CCOCC(C)NC1=NC2CCCC2CS1. The topological polar surface area (TPSA) is 33.6 Å². The van der Waals surface area contributed by atoms with Crippen LogP contribution in [0, 0.1) is 5.92 Å². The molecule has 1 fully saturated rings. The van der Waals surface area contributed by atoms with E-state index in [0.29, 0.717) is 12.1 Å². The van der Waals surface area contributed by atoms with Crippen molar-refractivity contribution in [3.8, 4) is 0 Å². The highest BCUT2D eigenvalue weighted by atomic mass is 32.2. The summed E-state index contributed by atoms with van der Waals surface area (Å²) in [5.41, 5.74) is 0. The van der Waals surface area contributed by atoms with Crippen LogP contribution in [0.3, 0.4) is 0 Å². The second-order valence-corrected chi connectivity index (χ2v) is 5.72. The molecule has 1 aliphatic heterocycles. The molecule has 4 heteroatoms. The van der Waals surface area contributed by atoms with Crippen LogP contribution in [0.2, 0.25) is 0 Å². The zero-order valence-electron chi connectivity index (χ0n) is 10.2. The van der Waals surface area contributed by atoms with Gasteiger partial charge in [-0.3, -0.25) is 4.99 Å². The summed E-state index contributed by atoms with van der Waals surface area (Å²) >= 11 is 1.88. The zero-order chi connectivity index (χ0) is 11.4. The third kappa shape index (κ3) is 3.14. The molecule has 2 aliphatic rings. The highest BCUT2D eigenvalue weighted by Crippen LogP contribution is 2.34. The van der Waals surface area contributed by atoms with Crippen molar-refractivity contribution in [1.82, 2.24) is 5.32 Å². The van der Waals surface area contributed by atoms with Crippen molar-refractivity contribution in [2.75, 3.05) is 19.0 Å². The van der Waals surface area contributed by atoms with Gasteiger partial charge in [-0.25, -0.2) is 0 Å². The van der Waals surface area contributed by atoms with Gasteiger partial charge in [0.05, 0.1) is 12.6 Å². The van der Waals surface area contributed by atoms with Crippen LogP contribution in [0.25, 0.3) is 0 Å². The average Bonchev–Trinajstić information content (AvgIpc) is 2.73. The van der Waals surface area contributed by atoms with Crippen molar-refractivity contribution in [3.05, 3.63) is 0 Å². The predicted molar refractivity (Wildman–Crippen MR) is 70.1 cm³/mol. The Labute approximate surface area is 102 Å². The molecular formula is C12H22N2OS. The second kappa shape index (κ2) is 5.92. The number of aliphatic imine (C=N–C) groups is 1. The molecule has 3 atom stereocenters.